The van der Waals surface area contributed by atoms with Gasteiger partial charge in [-0.05, 0) is 25.5 Å². The van der Waals surface area contributed by atoms with Crippen LogP contribution in [0, 0.1) is 0 Å². The van der Waals surface area contributed by atoms with Crippen molar-refractivity contribution in [2.24, 2.45) is 0 Å². The first-order valence-electron chi connectivity index (χ1n) is 5.34. The number of hydrogen-bond acceptors (Lipinski definition) is 1. The van der Waals surface area contributed by atoms with Crippen LogP contribution in [-0.2, 0) is 0 Å². The van der Waals surface area contributed by atoms with Crippen LogP contribution < -0.4 is 5.32 Å². The lowest BCUT2D eigenvalue weighted by Gasteiger charge is -2.14. The van der Waals surface area contributed by atoms with Crippen molar-refractivity contribution in [2.45, 2.75) is 32.0 Å². The van der Waals surface area contributed by atoms with E-state index in [-0.39, 0.29) is 12.5 Å². The van der Waals surface area contributed by atoms with Gasteiger partial charge in [-0.2, -0.15) is 13.2 Å². The van der Waals surface area contributed by atoms with Gasteiger partial charge in [-0.25, -0.2) is 0 Å². The van der Waals surface area contributed by atoms with Crippen molar-refractivity contribution in [3.63, 3.8) is 0 Å². The highest BCUT2D eigenvalue weighted by atomic mass is 19.4. The number of hydrogen-bond donors (Lipinski definition) is 1. The lowest BCUT2D eigenvalue weighted by molar-refractivity contribution is -0.135. The Labute approximate surface area is 93.7 Å². The van der Waals surface area contributed by atoms with Crippen LogP contribution in [0.1, 0.15) is 31.4 Å². The van der Waals surface area contributed by atoms with E-state index < -0.39 is 12.6 Å². The first-order chi connectivity index (χ1) is 7.49. The lowest BCUT2D eigenvalue weighted by atomic mass is 10.1. The van der Waals surface area contributed by atoms with Crippen molar-refractivity contribution in [3.05, 3.63) is 35.9 Å². The maximum atomic E-state index is 11.9. The zero-order valence-corrected chi connectivity index (χ0v) is 9.22. The second kappa shape index (κ2) is 5.89. The molecule has 0 radical (unpaired) electrons. The van der Waals surface area contributed by atoms with Crippen LogP contribution in [0.3, 0.4) is 0 Å². The fourth-order valence-corrected chi connectivity index (χ4v) is 1.47. The molecule has 4 heteroatoms. The van der Waals surface area contributed by atoms with Crippen LogP contribution in [0.2, 0.25) is 0 Å². The molecular weight excluding hydrogens is 215 g/mol. The SMILES string of the molecule is C[C@H](NCCCC(F)(F)F)c1ccccc1. The lowest BCUT2D eigenvalue weighted by Crippen LogP contribution is -2.21. The van der Waals surface area contributed by atoms with Gasteiger partial charge in [0.25, 0.3) is 0 Å². The summed E-state index contributed by atoms with van der Waals surface area (Å²) in [5, 5.41) is 3.07. The van der Waals surface area contributed by atoms with Crippen molar-refractivity contribution in [3.8, 4) is 0 Å². The van der Waals surface area contributed by atoms with E-state index in [9.17, 15) is 13.2 Å². The molecule has 1 rings (SSSR count). The Morgan fingerprint density at radius 1 is 1.19 bits per heavy atom. The molecule has 0 aliphatic carbocycles. The summed E-state index contributed by atoms with van der Waals surface area (Å²) >= 11 is 0. The average Bonchev–Trinajstić information content (AvgIpc) is 2.24. The fraction of sp³-hybridized carbons (Fsp3) is 0.500. The highest BCUT2D eigenvalue weighted by molar-refractivity contribution is 5.17. The van der Waals surface area contributed by atoms with E-state index in [1.807, 2.05) is 37.3 Å². The molecule has 1 N–H and O–H groups in total. The second-order valence-electron chi connectivity index (χ2n) is 3.81. The van der Waals surface area contributed by atoms with E-state index in [1.165, 1.54) is 0 Å². The first kappa shape index (κ1) is 13.0. The quantitative estimate of drug-likeness (QED) is 0.762. The Bertz CT molecular complexity index is 295. The summed E-state index contributed by atoms with van der Waals surface area (Å²) in [4.78, 5) is 0. The molecule has 0 bridgehead atoms. The zero-order valence-electron chi connectivity index (χ0n) is 9.22. The van der Waals surface area contributed by atoms with Crippen LogP contribution in [0.25, 0.3) is 0 Å². The molecule has 1 aromatic carbocycles. The minimum atomic E-state index is -4.04. The van der Waals surface area contributed by atoms with E-state index in [1.54, 1.807) is 0 Å². The third-order valence-electron chi connectivity index (χ3n) is 2.39. The number of nitrogens with one attached hydrogen (secondary N) is 1. The number of halogens is 3. The molecule has 0 unspecified atom stereocenters. The Hall–Kier alpha value is -1.03. The van der Waals surface area contributed by atoms with Gasteiger partial charge in [0.15, 0.2) is 0 Å². The largest absolute Gasteiger partial charge is 0.389 e. The summed E-state index contributed by atoms with van der Waals surface area (Å²) in [6.07, 6.45) is -4.64. The number of benzene rings is 1. The van der Waals surface area contributed by atoms with Crippen LogP contribution in [-0.4, -0.2) is 12.7 Å². The van der Waals surface area contributed by atoms with Crippen molar-refractivity contribution in [2.75, 3.05) is 6.54 Å². The molecule has 0 saturated carbocycles. The maximum absolute atomic E-state index is 11.9. The molecular formula is C12H16F3N. The number of rotatable bonds is 5. The highest BCUT2D eigenvalue weighted by Crippen LogP contribution is 2.21. The van der Waals surface area contributed by atoms with Crippen molar-refractivity contribution in [1.82, 2.24) is 5.32 Å². The maximum Gasteiger partial charge on any atom is 0.389 e. The smallest absolute Gasteiger partial charge is 0.310 e. The van der Waals surface area contributed by atoms with Gasteiger partial charge in [-0.3, -0.25) is 0 Å². The Morgan fingerprint density at radius 2 is 1.81 bits per heavy atom. The summed E-state index contributed by atoms with van der Waals surface area (Å²) in [5.41, 5.74) is 1.09. The molecule has 0 spiro atoms. The monoisotopic (exact) mass is 231 g/mol. The summed E-state index contributed by atoms with van der Waals surface area (Å²) in [6.45, 7) is 2.33. The molecule has 16 heavy (non-hydrogen) atoms. The zero-order chi connectivity index (χ0) is 12.0. The number of alkyl halides is 3. The van der Waals surface area contributed by atoms with Gasteiger partial charge in [-0.15, -0.1) is 0 Å². The van der Waals surface area contributed by atoms with E-state index in [2.05, 4.69) is 5.32 Å². The van der Waals surface area contributed by atoms with Crippen molar-refractivity contribution in [1.29, 1.82) is 0 Å². The topological polar surface area (TPSA) is 12.0 Å². The van der Waals surface area contributed by atoms with E-state index in [0.717, 1.165) is 5.56 Å². The second-order valence-corrected chi connectivity index (χ2v) is 3.81. The van der Waals surface area contributed by atoms with Crippen molar-refractivity contribution >= 4 is 0 Å². The predicted octanol–water partition coefficient (Wildman–Crippen LogP) is 3.68. The minimum absolute atomic E-state index is 0.0921. The van der Waals surface area contributed by atoms with Gasteiger partial charge in [0, 0.05) is 12.5 Å². The molecule has 0 amide bonds. The van der Waals surface area contributed by atoms with E-state index >= 15 is 0 Å². The Morgan fingerprint density at radius 3 is 2.38 bits per heavy atom. The summed E-state index contributed by atoms with van der Waals surface area (Å²) in [7, 11) is 0. The van der Waals surface area contributed by atoms with Gasteiger partial charge < -0.3 is 5.32 Å². The standard InChI is InChI=1S/C12H16F3N/c1-10(11-6-3-2-4-7-11)16-9-5-8-12(13,14)15/h2-4,6-7,10,16H,5,8-9H2,1H3/t10-/m0/s1. The van der Waals surface area contributed by atoms with Gasteiger partial charge in [0.1, 0.15) is 0 Å². The molecule has 1 nitrogen and oxygen atoms in total. The normalized spacial score (nSPS) is 13.8. The van der Waals surface area contributed by atoms with Crippen LogP contribution in [0.4, 0.5) is 13.2 Å². The molecule has 0 aromatic heterocycles. The van der Waals surface area contributed by atoms with Crippen LogP contribution in [0.5, 0.6) is 0 Å². The van der Waals surface area contributed by atoms with Crippen LogP contribution >= 0.6 is 0 Å². The van der Waals surface area contributed by atoms with Gasteiger partial charge in [0.2, 0.25) is 0 Å². The Balaban J connectivity index is 2.24. The fourth-order valence-electron chi connectivity index (χ4n) is 1.47. The molecule has 1 aromatic rings. The van der Waals surface area contributed by atoms with Gasteiger partial charge in [0.05, 0.1) is 0 Å². The molecule has 0 saturated heterocycles. The Kier molecular flexibility index (Phi) is 4.80. The predicted molar refractivity (Wildman–Crippen MR) is 58.1 cm³/mol. The average molecular weight is 231 g/mol. The highest BCUT2D eigenvalue weighted by Gasteiger charge is 2.25. The first-order valence-corrected chi connectivity index (χ1v) is 5.34. The third kappa shape index (κ3) is 5.16. The molecule has 0 aliphatic rings. The van der Waals surface area contributed by atoms with E-state index in [0.29, 0.717) is 6.54 Å². The summed E-state index contributed by atoms with van der Waals surface area (Å²) < 4.78 is 35.6. The van der Waals surface area contributed by atoms with E-state index in [4.69, 9.17) is 0 Å². The minimum Gasteiger partial charge on any atom is -0.310 e. The molecule has 0 heterocycles. The van der Waals surface area contributed by atoms with Crippen molar-refractivity contribution < 1.29 is 13.2 Å². The molecule has 0 fully saturated rings. The third-order valence-corrected chi connectivity index (χ3v) is 2.39. The molecule has 0 aliphatic heterocycles. The molecule has 1 atom stereocenters. The van der Waals surface area contributed by atoms with Crippen LogP contribution in [0.15, 0.2) is 30.3 Å². The summed E-state index contributed by atoms with van der Waals surface area (Å²) in [6, 6.07) is 9.77. The van der Waals surface area contributed by atoms with Gasteiger partial charge >= 0.3 is 6.18 Å². The molecule has 90 valence electrons. The summed E-state index contributed by atoms with van der Waals surface area (Å²) in [5.74, 6) is 0. The van der Waals surface area contributed by atoms with Gasteiger partial charge in [-0.1, -0.05) is 30.3 Å².